The van der Waals surface area contributed by atoms with Crippen molar-refractivity contribution in [2.45, 2.75) is 18.9 Å². The topological polar surface area (TPSA) is 136 Å². The molecule has 0 radical (unpaired) electrons. The fraction of sp³-hybridized carbons (Fsp3) is 0.357. The van der Waals surface area contributed by atoms with Gasteiger partial charge in [0.1, 0.15) is 17.2 Å². The van der Waals surface area contributed by atoms with Crippen LogP contribution in [0.4, 0.5) is 11.8 Å². The number of fused-ring (bicyclic) bond motifs is 1. The van der Waals surface area contributed by atoms with Gasteiger partial charge in [0.05, 0.1) is 6.54 Å². The van der Waals surface area contributed by atoms with Crippen molar-refractivity contribution in [1.29, 1.82) is 0 Å². The van der Waals surface area contributed by atoms with Gasteiger partial charge in [-0.15, -0.1) is 0 Å². The Kier molecular flexibility index (Phi) is 3.27. The molecule has 23 heavy (non-hydrogen) atoms. The Balaban J connectivity index is 1.52. The van der Waals surface area contributed by atoms with Crippen molar-refractivity contribution >= 4 is 22.9 Å². The number of anilines is 2. The summed E-state index contributed by atoms with van der Waals surface area (Å²) in [5.41, 5.74) is 12.7. The van der Waals surface area contributed by atoms with Gasteiger partial charge in [-0.1, -0.05) is 0 Å². The van der Waals surface area contributed by atoms with Crippen molar-refractivity contribution in [3.8, 4) is 0 Å². The molecule has 0 saturated carbocycles. The molecule has 0 amide bonds. The first-order chi connectivity index (χ1) is 11.2. The van der Waals surface area contributed by atoms with E-state index in [-0.39, 0.29) is 5.95 Å². The SMILES string of the molecule is Nc1nc(N)c2[nH]c(C3CCN(Cc4ncccn4)C3)nc2n1. The molecule has 1 aliphatic rings. The van der Waals surface area contributed by atoms with Gasteiger partial charge in [-0.3, -0.25) is 4.90 Å². The summed E-state index contributed by atoms with van der Waals surface area (Å²) in [6, 6.07) is 1.82. The molecular weight excluding hydrogens is 294 g/mol. The van der Waals surface area contributed by atoms with Gasteiger partial charge in [-0.25, -0.2) is 15.0 Å². The lowest BCUT2D eigenvalue weighted by atomic mass is 10.1. The lowest BCUT2D eigenvalue weighted by Crippen LogP contribution is -2.21. The van der Waals surface area contributed by atoms with Crippen LogP contribution in [0.25, 0.3) is 11.2 Å². The number of hydrogen-bond acceptors (Lipinski definition) is 8. The van der Waals surface area contributed by atoms with Crippen LogP contribution >= 0.6 is 0 Å². The molecule has 3 aromatic rings. The molecule has 0 aromatic carbocycles. The second-order valence-electron chi connectivity index (χ2n) is 5.67. The normalized spacial score (nSPS) is 18.7. The molecule has 4 heterocycles. The Bertz CT molecular complexity index is 829. The average molecular weight is 311 g/mol. The maximum Gasteiger partial charge on any atom is 0.224 e. The van der Waals surface area contributed by atoms with Crippen LogP contribution in [0.3, 0.4) is 0 Å². The van der Waals surface area contributed by atoms with E-state index < -0.39 is 0 Å². The molecule has 1 unspecified atom stereocenters. The Morgan fingerprint density at radius 3 is 2.83 bits per heavy atom. The third kappa shape index (κ3) is 2.66. The average Bonchev–Trinajstić information content (AvgIpc) is 3.15. The second kappa shape index (κ2) is 5.43. The van der Waals surface area contributed by atoms with Gasteiger partial charge in [0, 0.05) is 24.9 Å². The molecule has 0 spiro atoms. The van der Waals surface area contributed by atoms with Crippen LogP contribution in [0.15, 0.2) is 18.5 Å². The Morgan fingerprint density at radius 2 is 2.00 bits per heavy atom. The summed E-state index contributed by atoms with van der Waals surface area (Å²) >= 11 is 0. The standard InChI is InChI=1S/C14H17N9/c15-11-10-13(22-14(16)20-11)21-12(19-10)8-2-5-23(6-8)7-9-17-3-1-4-18-9/h1,3-4,8H,2,5-7H2,(H5,15,16,19,20,21,22). The summed E-state index contributed by atoms with van der Waals surface area (Å²) in [4.78, 5) is 26.7. The lowest BCUT2D eigenvalue weighted by Gasteiger charge is -2.13. The monoisotopic (exact) mass is 311 g/mol. The fourth-order valence-corrected chi connectivity index (χ4v) is 2.96. The Hall–Kier alpha value is -2.81. The number of H-pyrrole nitrogens is 1. The minimum Gasteiger partial charge on any atom is -0.382 e. The zero-order chi connectivity index (χ0) is 15.8. The molecule has 1 saturated heterocycles. The summed E-state index contributed by atoms with van der Waals surface area (Å²) in [6.07, 6.45) is 4.54. The van der Waals surface area contributed by atoms with E-state index in [2.05, 4.69) is 34.8 Å². The van der Waals surface area contributed by atoms with E-state index >= 15 is 0 Å². The van der Waals surface area contributed by atoms with Crippen molar-refractivity contribution in [2.24, 2.45) is 0 Å². The maximum atomic E-state index is 5.87. The van der Waals surface area contributed by atoms with Gasteiger partial charge >= 0.3 is 0 Å². The maximum absolute atomic E-state index is 5.87. The molecular formula is C14H17N9. The highest BCUT2D eigenvalue weighted by Gasteiger charge is 2.27. The van der Waals surface area contributed by atoms with Crippen LogP contribution in [0.1, 0.15) is 24.0 Å². The Labute approximate surface area is 132 Å². The molecule has 1 fully saturated rings. The number of rotatable bonds is 3. The van der Waals surface area contributed by atoms with Gasteiger partial charge < -0.3 is 16.5 Å². The molecule has 3 aromatic heterocycles. The fourth-order valence-electron chi connectivity index (χ4n) is 2.96. The highest BCUT2D eigenvalue weighted by molar-refractivity contribution is 5.82. The molecule has 1 atom stereocenters. The molecule has 5 N–H and O–H groups in total. The molecule has 9 heteroatoms. The van der Waals surface area contributed by atoms with Crippen molar-refractivity contribution in [2.75, 3.05) is 24.6 Å². The van der Waals surface area contributed by atoms with E-state index in [1.807, 2.05) is 6.07 Å². The summed E-state index contributed by atoms with van der Waals surface area (Å²) < 4.78 is 0. The van der Waals surface area contributed by atoms with Crippen LogP contribution in [-0.2, 0) is 6.54 Å². The van der Waals surface area contributed by atoms with Crippen molar-refractivity contribution < 1.29 is 0 Å². The summed E-state index contributed by atoms with van der Waals surface area (Å²) in [6.45, 7) is 2.61. The Morgan fingerprint density at radius 1 is 1.17 bits per heavy atom. The minimum atomic E-state index is 0.141. The van der Waals surface area contributed by atoms with Crippen LogP contribution in [0.5, 0.6) is 0 Å². The van der Waals surface area contributed by atoms with Gasteiger partial charge in [0.15, 0.2) is 11.5 Å². The van der Waals surface area contributed by atoms with Crippen LogP contribution in [-0.4, -0.2) is 47.9 Å². The molecule has 0 aliphatic carbocycles. The smallest absolute Gasteiger partial charge is 0.224 e. The van der Waals surface area contributed by atoms with Crippen molar-refractivity contribution in [1.82, 2.24) is 34.8 Å². The number of nitrogen functional groups attached to an aromatic ring is 2. The van der Waals surface area contributed by atoms with E-state index in [0.29, 0.717) is 22.9 Å². The summed E-state index contributed by atoms with van der Waals surface area (Å²) in [7, 11) is 0. The number of imidazole rings is 1. The molecule has 9 nitrogen and oxygen atoms in total. The number of nitrogens with two attached hydrogens (primary N) is 2. The van der Waals surface area contributed by atoms with E-state index in [9.17, 15) is 0 Å². The third-order valence-electron chi connectivity index (χ3n) is 4.06. The van der Waals surface area contributed by atoms with E-state index in [1.54, 1.807) is 12.4 Å². The van der Waals surface area contributed by atoms with E-state index in [1.165, 1.54) is 0 Å². The zero-order valence-electron chi connectivity index (χ0n) is 12.5. The number of aromatic nitrogens is 6. The second-order valence-corrected chi connectivity index (χ2v) is 5.67. The third-order valence-corrected chi connectivity index (χ3v) is 4.06. The number of nitrogens with one attached hydrogen (secondary N) is 1. The first kappa shape index (κ1) is 13.8. The van der Waals surface area contributed by atoms with E-state index in [0.717, 1.165) is 37.7 Å². The number of aromatic amines is 1. The van der Waals surface area contributed by atoms with Crippen LogP contribution < -0.4 is 11.5 Å². The largest absolute Gasteiger partial charge is 0.382 e. The minimum absolute atomic E-state index is 0.141. The summed E-state index contributed by atoms with van der Waals surface area (Å²) in [5.74, 6) is 2.48. The van der Waals surface area contributed by atoms with Crippen LogP contribution in [0, 0.1) is 0 Å². The van der Waals surface area contributed by atoms with E-state index in [4.69, 9.17) is 11.5 Å². The first-order valence-electron chi connectivity index (χ1n) is 7.46. The highest BCUT2D eigenvalue weighted by atomic mass is 15.2. The van der Waals surface area contributed by atoms with Gasteiger partial charge in [-0.2, -0.15) is 9.97 Å². The molecule has 0 bridgehead atoms. The van der Waals surface area contributed by atoms with Gasteiger partial charge in [0.2, 0.25) is 5.95 Å². The zero-order valence-corrected chi connectivity index (χ0v) is 12.5. The predicted molar refractivity (Wildman–Crippen MR) is 85.2 cm³/mol. The first-order valence-corrected chi connectivity index (χ1v) is 7.46. The van der Waals surface area contributed by atoms with Gasteiger partial charge in [-0.05, 0) is 19.0 Å². The molecule has 4 rings (SSSR count). The van der Waals surface area contributed by atoms with Crippen molar-refractivity contribution in [3.05, 3.63) is 30.1 Å². The van der Waals surface area contributed by atoms with Gasteiger partial charge in [0.25, 0.3) is 0 Å². The van der Waals surface area contributed by atoms with Crippen LogP contribution in [0.2, 0.25) is 0 Å². The van der Waals surface area contributed by atoms with Crippen molar-refractivity contribution in [3.63, 3.8) is 0 Å². The number of nitrogens with zero attached hydrogens (tertiary/aromatic N) is 6. The summed E-state index contributed by atoms with van der Waals surface area (Å²) in [5, 5.41) is 0. The molecule has 1 aliphatic heterocycles. The predicted octanol–water partition coefficient (Wildman–Crippen LogP) is 0.297. The quantitative estimate of drug-likeness (QED) is 0.628. The number of hydrogen-bond donors (Lipinski definition) is 3. The number of likely N-dealkylation sites (tertiary alicyclic amines) is 1. The lowest BCUT2D eigenvalue weighted by molar-refractivity contribution is 0.317. The molecule has 118 valence electrons. The highest BCUT2D eigenvalue weighted by Crippen LogP contribution is 2.28.